The van der Waals surface area contributed by atoms with E-state index in [-0.39, 0.29) is 24.0 Å². The van der Waals surface area contributed by atoms with Gasteiger partial charge in [-0.25, -0.2) is 5.43 Å². The molecule has 0 aliphatic heterocycles. The van der Waals surface area contributed by atoms with Gasteiger partial charge >= 0.3 is 0 Å². The molecule has 0 fully saturated rings. The van der Waals surface area contributed by atoms with Gasteiger partial charge in [-0.1, -0.05) is 18.2 Å². The van der Waals surface area contributed by atoms with Gasteiger partial charge in [0.25, 0.3) is 5.91 Å². The van der Waals surface area contributed by atoms with Crippen LogP contribution in [-0.2, 0) is 9.59 Å². The molecule has 0 spiro atoms. The van der Waals surface area contributed by atoms with Crippen molar-refractivity contribution in [3.05, 3.63) is 60.2 Å². The molecule has 0 heterocycles. The summed E-state index contributed by atoms with van der Waals surface area (Å²) in [6.07, 6.45) is 1.96. The zero-order chi connectivity index (χ0) is 21.1. The monoisotopic (exact) mass is 413 g/mol. The molecule has 2 amide bonds. The lowest BCUT2D eigenvalue weighted by molar-refractivity contribution is -0.124. The number of thioether (sulfide) groups is 1. The van der Waals surface area contributed by atoms with Gasteiger partial charge in [0.2, 0.25) is 5.91 Å². The number of rotatable bonds is 9. The minimum atomic E-state index is -0.286. The number of amides is 2. The quantitative estimate of drug-likeness (QED) is 0.374. The van der Waals surface area contributed by atoms with E-state index >= 15 is 0 Å². The average molecular weight is 414 g/mol. The molecular formula is C22H27N3O3S. The molecule has 0 bridgehead atoms. The van der Waals surface area contributed by atoms with Gasteiger partial charge in [0.05, 0.1) is 6.21 Å². The third-order valence-corrected chi connectivity index (χ3v) is 4.52. The number of carbonyl (C=O) groups is 2. The molecule has 0 unspecified atom stereocenters. The highest BCUT2D eigenvalue weighted by Gasteiger charge is 2.13. The van der Waals surface area contributed by atoms with Crippen molar-refractivity contribution in [2.24, 2.45) is 5.10 Å². The lowest BCUT2D eigenvalue weighted by atomic mass is 10.1. The molecule has 7 heteroatoms. The Morgan fingerprint density at radius 3 is 2.38 bits per heavy atom. The summed E-state index contributed by atoms with van der Waals surface area (Å²) < 4.78 is 5.46. The number of hydrogen-bond acceptors (Lipinski definition) is 5. The van der Waals surface area contributed by atoms with E-state index in [0.29, 0.717) is 17.9 Å². The van der Waals surface area contributed by atoms with Crippen molar-refractivity contribution < 1.29 is 14.3 Å². The number of hydrazone groups is 1. The van der Waals surface area contributed by atoms with E-state index in [1.165, 1.54) is 0 Å². The van der Waals surface area contributed by atoms with Gasteiger partial charge < -0.3 is 10.1 Å². The van der Waals surface area contributed by atoms with Crippen LogP contribution in [0.3, 0.4) is 0 Å². The van der Waals surface area contributed by atoms with E-state index in [2.05, 4.69) is 15.8 Å². The minimum Gasteiger partial charge on any atom is -0.484 e. The molecule has 0 atom stereocenters. The first-order valence-corrected chi connectivity index (χ1v) is 10.3. The van der Waals surface area contributed by atoms with Crippen molar-refractivity contribution in [3.8, 4) is 5.75 Å². The van der Waals surface area contributed by atoms with Gasteiger partial charge in [-0.2, -0.15) is 5.10 Å². The molecule has 0 aliphatic rings. The summed E-state index contributed by atoms with van der Waals surface area (Å²) in [5.74, 6) is 0.985. The fraction of sp³-hybridized carbons (Fsp3) is 0.318. The van der Waals surface area contributed by atoms with E-state index in [0.717, 1.165) is 10.5 Å². The maximum atomic E-state index is 11.8. The Morgan fingerprint density at radius 2 is 1.72 bits per heavy atom. The molecule has 2 aromatic rings. The van der Waals surface area contributed by atoms with Crippen LogP contribution < -0.4 is 15.5 Å². The number of hydrogen-bond donors (Lipinski definition) is 2. The Morgan fingerprint density at radius 1 is 1.03 bits per heavy atom. The van der Waals surface area contributed by atoms with Crippen molar-refractivity contribution in [2.45, 2.75) is 37.6 Å². The normalized spacial score (nSPS) is 11.3. The fourth-order valence-electron chi connectivity index (χ4n) is 2.27. The Bertz CT molecular complexity index is 815. The van der Waals surface area contributed by atoms with E-state index in [9.17, 15) is 9.59 Å². The Kier molecular flexibility index (Phi) is 8.73. The maximum absolute atomic E-state index is 11.8. The molecule has 154 valence electrons. The predicted molar refractivity (Wildman–Crippen MR) is 117 cm³/mol. The SMILES string of the molecule is CC(C)(C)NC(=O)COc1ccc(/C=N\NC(=O)CCSc2ccccc2)cc1. The van der Waals surface area contributed by atoms with Gasteiger partial charge in [-0.3, -0.25) is 9.59 Å². The first-order chi connectivity index (χ1) is 13.8. The largest absolute Gasteiger partial charge is 0.484 e. The van der Waals surface area contributed by atoms with E-state index in [1.54, 1.807) is 42.2 Å². The van der Waals surface area contributed by atoms with Crippen LogP contribution in [0.1, 0.15) is 32.8 Å². The number of ether oxygens (including phenoxy) is 1. The van der Waals surface area contributed by atoms with Crippen molar-refractivity contribution in [1.82, 2.24) is 10.7 Å². The summed E-state index contributed by atoms with van der Waals surface area (Å²) in [6.45, 7) is 5.71. The van der Waals surface area contributed by atoms with Crippen LogP contribution in [0, 0.1) is 0 Å². The highest BCUT2D eigenvalue weighted by Crippen LogP contribution is 2.17. The van der Waals surface area contributed by atoms with Crippen molar-refractivity contribution in [2.75, 3.05) is 12.4 Å². The van der Waals surface area contributed by atoms with Crippen LogP contribution in [0.25, 0.3) is 0 Å². The smallest absolute Gasteiger partial charge is 0.258 e. The lowest BCUT2D eigenvalue weighted by Crippen LogP contribution is -2.43. The third-order valence-electron chi connectivity index (χ3n) is 3.51. The molecule has 29 heavy (non-hydrogen) atoms. The lowest BCUT2D eigenvalue weighted by Gasteiger charge is -2.20. The number of nitrogens with one attached hydrogen (secondary N) is 2. The Balaban J connectivity index is 1.68. The second kappa shape index (κ2) is 11.3. The van der Waals surface area contributed by atoms with Crippen LogP contribution in [0.4, 0.5) is 0 Å². The molecule has 2 N–H and O–H groups in total. The van der Waals surface area contributed by atoms with Crippen LogP contribution >= 0.6 is 11.8 Å². The number of benzene rings is 2. The average Bonchev–Trinajstić information content (AvgIpc) is 2.67. The van der Waals surface area contributed by atoms with E-state index in [4.69, 9.17) is 4.74 Å². The molecule has 2 aromatic carbocycles. The molecular weight excluding hydrogens is 386 g/mol. The number of nitrogens with zero attached hydrogens (tertiary/aromatic N) is 1. The fourth-order valence-corrected chi connectivity index (χ4v) is 3.14. The summed E-state index contributed by atoms with van der Waals surface area (Å²) in [5, 5.41) is 6.81. The van der Waals surface area contributed by atoms with Gasteiger partial charge in [-0.05, 0) is 62.7 Å². The molecule has 0 saturated heterocycles. The second-order valence-corrected chi connectivity index (χ2v) is 8.53. The zero-order valence-corrected chi connectivity index (χ0v) is 17.8. The number of carbonyl (C=O) groups excluding carboxylic acids is 2. The van der Waals surface area contributed by atoms with E-state index < -0.39 is 0 Å². The first-order valence-electron chi connectivity index (χ1n) is 9.35. The minimum absolute atomic E-state index is 0.0399. The van der Waals surface area contributed by atoms with E-state index in [1.807, 2.05) is 51.1 Å². The van der Waals surface area contributed by atoms with Crippen LogP contribution in [0.5, 0.6) is 5.75 Å². The van der Waals surface area contributed by atoms with Crippen LogP contribution in [0.15, 0.2) is 64.6 Å². The van der Waals surface area contributed by atoms with Gasteiger partial charge in [0.15, 0.2) is 6.61 Å². The van der Waals surface area contributed by atoms with Crippen molar-refractivity contribution >= 4 is 29.8 Å². The first kappa shape index (κ1) is 22.5. The van der Waals surface area contributed by atoms with Crippen molar-refractivity contribution in [1.29, 1.82) is 0 Å². The van der Waals surface area contributed by atoms with Gasteiger partial charge in [-0.15, -0.1) is 11.8 Å². The molecule has 6 nitrogen and oxygen atoms in total. The van der Waals surface area contributed by atoms with Crippen LogP contribution in [-0.4, -0.2) is 35.9 Å². The molecule has 0 aromatic heterocycles. The summed E-state index contributed by atoms with van der Waals surface area (Å²) in [7, 11) is 0. The second-order valence-electron chi connectivity index (χ2n) is 7.36. The van der Waals surface area contributed by atoms with Crippen molar-refractivity contribution in [3.63, 3.8) is 0 Å². The third kappa shape index (κ3) is 9.80. The summed E-state index contributed by atoms with van der Waals surface area (Å²) in [5.41, 5.74) is 3.06. The Labute approximate surface area is 176 Å². The summed E-state index contributed by atoms with van der Waals surface area (Å²) in [4.78, 5) is 24.7. The maximum Gasteiger partial charge on any atom is 0.258 e. The zero-order valence-electron chi connectivity index (χ0n) is 17.0. The van der Waals surface area contributed by atoms with Crippen LogP contribution in [0.2, 0.25) is 0 Å². The Hall–Kier alpha value is -2.80. The summed E-state index contributed by atoms with van der Waals surface area (Å²) in [6, 6.07) is 17.1. The van der Waals surface area contributed by atoms with Gasteiger partial charge in [0.1, 0.15) is 5.75 Å². The molecule has 0 saturated carbocycles. The molecule has 2 rings (SSSR count). The summed E-state index contributed by atoms with van der Waals surface area (Å²) >= 11 is 1.63. The predicted octanol–water partition coefficient (Wildman–Crippen LogP) is 3.61. The molecule has 0 aliphatic carbocycles. The standard InChI is InChI=1S/C22H27N3O3S/c1-22(2,3)24-21(27)16-28-18-11-9-17(10-12-18)15-23-25-20(26)13-14-29-19-7-5-4-6-8-19/h4-12,15H,13-14,16H2,1-3H3,(H,24,27)(H,25,26)/b23-15-. The highest BCUT2D eigenvalue weighted by atomic mass is 32.2. The topological polar surface area (TPSA) is 79.8 Å². The van der Waals surface area contributed by atoms with Gasteiger partial charge in [0, 0.05) is 22.6 Å². The molecule has 0 radical (unpaired) electrons. The highest BCUT2D eigenvalue weighted by molar-refractivity contribution is 7.99.